The van der Waals surface area contributed by atoms with Crippen molar-refractivity contribution in [3.05, 3.63) is 0 Å². The van der Waals surface area contributed by atoms with Crippen molar-refractivity contribution in [2.45, 2.75) is 25.7 Å². The number of nitrogens with two attached hydrogens (primary N) is 1. The smallest absolute Gasteiger partial charge is 0.321 e. The molecule has 0 bridgehead atoms. The van der Waals surface area contributed by atoms with Crippen LogP contribution in [0.2, 0.25) is 0 Å². The number of hydrogen-bond acceptors (Lipinski definition) is 4. The molecule has 0 saturated heterocycles. The molecule has 15 heavy (non-hydrogen) atoms. The molecule has 0 rings (SSSR count). The molecular weight excluding hydrogens is 235 g/mol. The van der Waals surface area contributed by atoms with Gasteiger partial charge in [0.25, 0.3) is 0 Å². The molecule has 0 aliphatic carbocycles. The molecule has 5 nitrogen and oxygen atoms in total. The van der Waals surface area contributed by atoms with Crippen molar-refractivity contribution in [1.29, 1.82) is 0 Å². The Hall–Kier alpha value is 0.450. The number of rotatable bonds is 10. The van der Waals surface area contributed by atoms with Crippen LogP contribution in [0.4, 0.5) is 0 Å². The molecule has 0 radical (unpaired) electrons. The summed E-state index contributed by atoms with van der Waals surface area (Å²) < 4.78 is 4.63. The van der Waals surface area contributed by atoms with Crippen molar-refractivity contribution >= 4 is 18.5 Å². The van der Waals surface area contributed by atoms with Crippen molar-refractivity contribution in [2.24, 2.45) is 5.73 Å². The minimum Gasteiger partial charge on any atom is -0.330 e. The molecule has 0 saturated carbocycles. The van der Waals surface area contributed by atoms with Gasteiger partial charge in [0, 0.05) is 6.54 Å². The molecule has 0 aliphatic heterocycles. The van der Waals surface area contributed by atoms with Gasteiger partial charge in [0.05, 0.1) is 6.61 Å². The highest BCUT2D eigenvalue weighted by molar-refractivity contribution is 8.06. The molecule has 0 spiro atoms. The van der Waals surface area contributed by atoms with Gasteiger partial charge in [-0.05, 0) is 37.7 Å². The van der Waals surface area contributed by atoms with E-state index in [-0.39, 0.29) is 6.61 Å². The molecule has 0 atom stereocenters. The van der Waals surface area contributed by atoms with E-state index in [0.717, 1.165) is 25.9 Å². The van der Waals surface area contributed by atoms with Gasteiger partial charge in [-0.1, -0.05) is 12.8 Å². The first-order valence-corrected chi connectivity index (χ1v) is 7.79. The Bertz CT molecular complexity index is 189. The highest BCUT2D eigenvalue weighted by atomic mass is 32.5. The summed E-state index contributed by atoms with van der Waals surface area (Å²) in [5.74, 6) is 0. The zero-order chi connectivity index (χ0) is 11.6. The summed E-state index contributed by atoms with van der Waals surface area (Å²) in [5, 5.41) is 3.13. The van der Waals surface area contributed by atoms with E-state index in [1.54, 1.807) is 0 Å². The van der Waals surface area contributed by atoms with E-state index in [9.17, 15) is 0 Å². The van der Waals surface area contributed by atoms with E-state index >= 15 is 0 Å². The Balaban J connectivity index is 3.02. The van der Waals surface area contributed by atoms with E-state index in [0.29, 0.717) is 6.54 Å². The molecule has 92 valence electrons. The topological polar surface area (TPSA) is 87.7 Å². The Labute approximate surface area is 96.3 Å². The van der Waals surface area contributed by atoms with Crippen molar-refractivity contribution < 1.29 is 14.3 Å². The van der Waals surface area contributed by atoms with Gasteiger partial charge in [-0.15, -0.1) is 0 Å². The number of nitrogens with one attached hydrogen (secondary N) is 1. The standard InChI is InChI=1S/C8H21N2O3PS/c9-5-3-1-2-4-6-10-7-8-13-14(11,12)15/h10H,1-9H2,(H2,11,12,15). The molecule has 5 N–H and O–H groups in total. The minimum atomic E-state index is -3.46. The van der Waals surface area contributed by atoms with Gasteiger partial charge in [0.1, 0.15) is 0 Å². The van der Waals surface area contributed by atoms with Gasteiger partial charge in [-0.2, -0.15) is 0 Å². The van der Waals surface area contributed by atoms with E-state index < -0.39 is 6.72 Å². The van der Waals surface area contributed by atoms with E-state index in [1.807, 2.05) is 0 Å². The molecule has 7 heteroatoms. The quantitative estimate of drug-likeness (QED) is 0.333. The van der Waals surface area contributed by atoms with Gasteiger partial charge in [-0.3, -0.25) is 0 Å². The maximum absolute atomic E-state index is 8.74. The summed E-state index contributed by atoms with van der Waals surface area (Å²) >= 11 is 4.29. The molecular formula is C8H21N2O3PS. The van der Waals surface area contributed by atoms with Crippen LogP contribution < -0.4 is 11.1 Å². The first kappa shape index (κ1) is 15.4. The fourth-order valence-corrected chi connectivity index (χ4v) is 1.66. The van der Waals surface area contributed by atoms with Crippen LogP contribution in [0.15, 0.2) is 0 Å². The van der Waals surface area contributed by atoms with Crippen molar-refractivity contribution in [2.75, 3.05) is 26.2 Å². The van der Waals surface area contributed by atoms with Crippen molar-refractivity contribution in [3.8, 4) is 0 Å². The van der Waals surface area contributed by atoms with Crippen LogP contribution in [0.3, 0.4) is 0 Å². The van der Waals surface area contributed by atoms with Crippen LogP contribution in [0.25, 0.3) is 0 Å². The summed E-state index contributed by atoms with van der Waals surface area (Å²) in [7, 11) is 0. The average Bonchev–Trinajstić information content (AvgIpc) is 2.14. The van der Waals surface area contributed by atoms with Crippen LogP contribution in [0.1, 0.15) is 25.7 Å². The van der Waals surface area contributed by atoms with E-state index in [4.69, 9.17) is 15.5 Å². The first-order chi connectivity index (χ1) is 7.06. The summed E-state index contributed by atoms with van der Waals surface area (Å²) in [5.41, 5.74) is 5.36. The zero-order valence-corrected chi connectivity index (χ0v) is 10.6. The van der Waals surface area contributed by atoms with Crippen LogP contribution in [0, 0.1) is 0 Å². The lowest BCUT2D eigenvalue weighted by molar-refractivity contribution is 0.251. The van der Waals surface area contributed by atoms with Crippen LogP contribution in [-0.2, 0) is 16.3 Å². The first-order valence-electron chi connectivity index (χ1n) is 5.17. The second kappa shape index (κ2) is 9.66. The predicted octanol–water partition coefficient (Wildman–Crippen LogP) is 0.321. The van der Waals surface area contributed by atoms with Gasteiger partial charge in [0.15, 0.2) is 0 Å². The molecule has 0 aromatic heterocycles. The van der Waals surface area contributed by atoms with Gasteiger partial charge in [0.2, 0.25) is 0 Å². The molecule has 0 fully saturated rings. The maximum atomic E-state index is 8.74. The number of unbranched alkanes of at least 4 members (excludes halogenated alkanes) is 3. The van der Waals surface area contributed by atoms with Gasteiger partial charge < -0.3 is 25.4 Å². The molecule has 0 unspecified atom stereocenters. The number of hydrogen-bond donors (Lipinski definition) is 4. The highest BCUT2D eigenvalue weighted by Gasteiger charge is 2.05. The third-order valence-corrected chi connectivity index (χ3v) is 2.68. The summed E-state index contributed by atoms with van der Waals surface area (Å²) in [6.45, 7) is -0.947. The second-order valence-electron chi connectivity index (χ2n) is 3.28. The van der Waals surface area contributed by atoms with Crippen LogP contribution in [-0.4, -0.2) is 36.0 Å². The van der Waals surface area contributed by atoms with Crippen LogP contribution in [0.5, 0.6) is 0 Å². The highest BCUT2D eigenvalue weighted by Crippen LogP contribution is 2.35. The minimum absolute atomic E-state index is 0.243. The van der Waals surface area contributed by atoms with Crippen molar-refractivity contribution in [3.63, 3.8) is 0 Å². The lowest BCUT2D eigenvalue weighted by Gasteiger charge is -2.08. The predicted molar refractivity (Wildman–Crippen MR) is 65.1 cm³/mol. The largest absolute Gasteiger partial charge is 0.330 e. The lowest BCUT2D eigenvalue weighted by Crippen LogP contribution is -2.20. The van der Waals surface area contributed by atoms with E-state index in [2.05, 4.69) is 21.6 Å². The van der Waals surface area contributed by atoms with E-state index in [1.165, 1.54) is 12.8 Å². The van der Waals surface area contributed by atoms with Gasteiger partial charge in [-0.25, -0.2) is 0 Å². The fraction of sp³-hybridized carbons (Fsp3) is 1.00. The SMILES string of the molecule is NCCCCCCNCCOP(O)(O)=S. The molecule has 0 amide bonds. The molecule has 0 aliphatic rings. The lowest BCUT2D eigenvalue weighted by atomic mass is 10.2. The Kier molecular flexibility index (Phi) is 9.95. The molecule has 0 aromatic rings. The Morgan fingerprint density at radius 2 is 1.80 bits per heavy atom. The Morgan fingerprint density at radius 3 is 2.40 bits per heavy atom. The normalized spacial score (nSPS) is 11.9. The van der Waals surface area contributed by atoms with Crippen LogP contribution >= 0.6 is 6.72 Å². The molecule has 0 heterocycles. The second-order valence-corrected chi connectivity index (χ2v) is 5.94. The van der Waals surface area contributed by atoms with Gasteiger partial charge >= 0.3 is 6.72 Å². The summed E-state index contributed by atoms with van der Waals surface area (Å²) in [4.78, 5) is 17.5. The Morgan fingerprint density at radius 1 is 1.13 bits per heavy atom. The average molecular weight is 256 g/mol. The monoisotopic (exact) mass is 256 g/mol. The third kappa shape index (κ3) is 14.5. The third-order valence-electron chi connectivity index (χ3n) is 1.85. The maximum Gasteiger partial charge on any atom is 0.321 e. The zero-order valence-electron chi connectivity index (χ0n) is 8.89. The summed E-state index contributed by atoms with van der Waals surface area (Å²) in [6, 6.07) is 0. The fourth-order valence-electron chi connectivity index (χ4n) is 1.11. The summed E-state index contributed by atoms with van der Waals surface area (Å²) in [6.07, 6.45) is 4.53. The van der Waals surface area contributed by atoms with Crippen molar-refractivity contribution in [1.82, 2.24) is 5.32 Å². The molecule has 0 aromatic carbocycles.